The summed E-state index contributed by atoms with van der Waals surface area (Å²) in [6, 6.07) is 12.0. The van der Waals surface area contributed by atoms with Crippen molar-refractivity contribution in [2.24, 2.45) is 0 Å². The summed E-state index contributed by atoms with van der Waals surface area (Å²) in [5.74, 6) is 0.246. The van der Waals surface area contributed by atoms with Crippen LogP contribution in [0.4, 0.5) is 0 Å². The van der Waals surface area contributed by atoms with Gasteiger partial charge in [0.1, 0.15) is 5.76 Å². The molecule has 0 fully saturated rings. The minimum absolute atomic E-state index is 0.0293. The van der Waals surface area contributed by atoms with E-state index in [9.17, 15) is 9.90 Å². The number of aliphatic hydroxyl groups excluding tert-OH is 1. The van der Waals surface area contributed by atoms with Crippen LogP contribution in [0.3, 0.4) is 0 Å². The van der Waals surface area contributed by atoms with Crippen molar-refractivity contribution in [2.75, 3.05) is 0 Å². The van der Waals surface area contributed by atoms with Crippen molar-refractivity contribution in [3.05, 3.63) is 63.9 Å². The standard InChI is InChI=1S/C20H19ClO2/c1-3-13-4-5-15(14-6-7-17(21)12(2)10-14)11-16(13)20-18(22)8-9-19(20)23/h4-7,10-11,22H,3,8-9H2,1-2H3. The first-order valence-corrected chi connectivity index (χ1v) is 8.24. The van der Waals surface area contributed by atoms with E-state index in [2.05, 4.69) is 13.0 Å². The lowest BCUT2D eigenvalue weighted by Gasteiger charge is -2.12. The molecule has 2 nitrogen and oxygen atoms in total. The number of allylic oxidation sites excluding steroid dienone is 2. The normalized spacial score (nSPS) is 14.7. The number of hydrogen-bond donors (Lipinski definition) is 1. The van der Waals surface area contributed by atoms with E-state index in [4.69, 9.17) is 11.6 Å². The molecular formula is C20H19ClO2. The summed E-state index contributed by atoms with van der Waals surface area (Å²) >= 11 is 6.10. The largest absolute Gasteiger partial charge is 0.512 e. The predicted molar refractivity (Wildman–Crippen MR) is 94.8 cm³/mol. The van der Waals surface area contributed by atoms with Gasteiger partial charge in [-0.2, -0.15) is 0 Å². The van der Waals surface area contributed by atoms with Gasteiger partial charge in [0, 0.05) is 17.9 Å². The first-order chi connectivity index (χ1) is 11.0. The van der Waals surface area contributed by atoms with Crippen molar-refractivity contribution in [3.8, 4) is 11.1 Å². The van der Waals surface area contributed by atoms with Crippen LogP contribution < -0.4 is 0 Å². The van der Waals surface area contributed by atoms with Crippen molar-refractivity contribution in [2.45, 2.75) is 33.1 Å². The molecule has 2 aromatic carbocycles. The molecule has 0 aromatic heterocycles. The minimum atomic E-state index is 0.0293. The third-order valence-corrected chi connectivity index (χ3v) is 4.83. The van der Waals surface area contributed by atoms with Gasteiger partial charge in [-0.15, -0.1) is 0 Å². The van der Waals surface area contributed by atoms with Crippen molar-refractivity contribution in [3.63, 3.8) is 0 Å². The molecule has 0 radical (unpaired) electrons. The number of aryl methyl sites for hydroxylation is 2. The number of Topliss-reactive ketones (excluding diaryl/α,β-unsaturated/α-hetero) is 1. The highest BCUT2D eigenvalue weighted by atomic mass is 35.5. The number of rotatable bonds is 3. The van der Waals surface area contributed by atoms with Crippen LogP contribution in [0, 0.1) is 6.92 Å². The monoisotopic (exact) mass is 326 g/mol. The summed E-state index contributed by atoms with van der Waals surface area (Å²) in [6.45, 7) is 4.03. The SMILES string of the molecule is CCc1ccc(-c2ccc(Cl)c(C)c2)cc1C1=C(O)CCC1=O. The second-order valence-electron chi connectivity index (χ2n) is 5.93. The van der Waals surface area contributed by atoms with Crippen LogP contribution in [0.1, 0.15) is 36.5 Å². The van der Waals surface area contributed by atoms with Crippen molar-refractivity contribution >= 4 is 23.0 Å². The zero-order valence-corrected chi connectivity index (χ0v) is 14.1. The predicted octanol–water partition coefficient (Wildman–Crippen LogP) is 5.51. The Morgan fingerprint density at radius 2 is 1.78 bits per heavy atom. The first kappa shape index (κ1) is 15.8. The second-order valence-corrected chi connectivity index (χ2v) is 6.34. The van der Waals surface area contributed by atoms with Crippen molar-refractivity contribution < 1.29 is 9.90 Å². The molecule has 2 aromatic rings. The van der Waals surface area contributed by atoms with E-state index in [-0.39, 0.29) is 11.5 Å². The Kier molecular flexibility index (Phi) is 4.27. The van der Waals surface area contributed by atoms with Gasteiger partial charge in [0.05, 0.1) is 5.57 Å². The van der Waals surface area contributed by atoms with Crippen LogP contribution in [0.15, 0.2) is 42.2 Å². The van der Waals surface area contributed by atoms with E-state index >= 15 is 0 Å². The quantitative estimate of drug-likeness (QED) is 0.807. The van der Waals surface area contributed by atoms with Crippen LogP contribution in [0.2, 0.25) is 5.02 Å². The summed E-state index contributed by atoms with van der Waals surface area (Å²) < 4.78 is 0. The Labute approximate surface area is 141 Å². The summed E-state index contributed by atoms with van der Waals surface area (Å²) in [5, 5.41) is 10.9. The third-order valence-electron chi connectivity index (χ3n) is 4.41. The molecule has 1 aliphatic rings. The maximum Gasteiger partial charge on any atom is 0.167 e. The van der Waals surface area contributed by atoms with Gasteiger partial charge in [-0.3, -0.25) is 4.79 Å². The van der Waals surface area contributed by atoms with Crippen molar-refractivity contribution in [1.29, 1.82) is 0 Å². The molecule has 118 valence electrons. The van der Waals surface area contributed by atoms with Gasteiger partial charge >= 0.3 is 0 Å². The van der Waals surface area contributed by atoms with E-state index < -0.39 is 0 Å². The fourth-order valence-electron chi connectivity index (χ4n) is 3.07. The molecule has 0 heterocycles. The van der Waals surface area contributed by atoms with E-state index in [0.717, 1.165) is 39.3 Å². The highest BCUT2D eigenvalue weighted by molar-refractivity contribution is 6.31. The molecule has 1 N–H and O–H groups in total. The minimum Gasteiger partial charge on any atom is -0.512 e. The lowest BCUT2D eigenvalue weighted by Crippen LogP contribution is -2.01. The van der Waals surface area contributed by atoms with Crippen LogP contribution >= 0.6 is 11.6 Å². The van der Waals surface area contributed by atoms with E-state index in [1.807, 2.05) is 37.3 Å². The fourth-order valence-corrected chi connectivity index (χ4v) is 3.19. The summed E-state index contributed by atoms with van der Waals surface area (Å²) in [7, 11) is 0. The zero-order valence-electron chi connectivity index (χ0n) is 13.3. The van der Waals surface area contributed by atoms with E-state index in [1.165, 1.54) is 0 Å². The summed E-state index contributed by atoms with van der Waals surface area (Å²) in [6.07, 6.45) is 1.66. The van der Waals surface area contributed by atoms with Gasteiger partial charge in [0.25, 0.3) is 0 Å². The number of aliphatic hydroxyl groups is 1. The maximum absolute atomic E-state index is 12.2. The Morgan fingerprint density at radius 1 is 1.09 bits per heavy atom. The molecule has 0 spiro atoms. The number of hydrogen-bond acceptors (Lipinski definition) is 2. The van der Waals surface area contributed by atoms with Gasteiger partial charge in [0.15, 0.2) is 5.78 Å². The second kappa shape index (κ2) is 6.21. The summed E-state index contributed by atoms with van der Waals surface area (Å²) in [5.41, 5.74) is 5.53. The van der Waals surface area contributed by atoms with Crippen LogP contribution in [-0.2, 0) is 11.2 Å². The Bertz CT molecular complexity index is 818. The number of carbonyl (C=O) groups is 1. The molecule has 0 unspecified atom stereocenters. The molecule has 0 aliphatic heterocycles. The number of benzene rings is 2. The highest BCUT2D eigenvalue weighted by Crippen LogP contribution is 2.35. The molecule has 0 saturated heterocycles. The van der Waals surface area contributed by atoms with Crippen LogP contribution in [0.5, 0.6) is 0 Å². The lowest BCUT2D eigenvalue weighted by molar-refractivity contribution is -0.113. The highest BCUT2D eigenvalue weighted by Gasteiger charge is 2.26. The Balaban J connectivity index is 2.15. The van der Waals surface area contributed by atoms with E-state index in [1.54, 1.807) is 0 Å². The number of carbonyl (C=O) groups excluding carboxylic acids is 1. The molecule has 0 amide bonds. The van der Waals surface area contributed by atoms with Gasteiger partial charge in [0.2, 0.25) is 0 Å². The average molecular weight is 327 g/mol. The average Bonchev–Trinajstić information content (AvgIpc) is 2.88. The topological polar surface area (TPSA) is 37.3 Å². The number of ketones is 1. The molecule has 1 aliphatic carbocycles. The fraction of sp³-hybridized carbons (Fsp3) is 0.250. The first-order valence-electron chi connectivity index (χ1n) is 7.86. The third kappa shape index (κ3) is 2.91. The molecule has 3 rings (SSSR count). The Morgan fingerprint density at radius 3 is 2.39 bits per heavy atom. The molecule has 0 bridgehead atoms. The molecule has 0 saturated carbocycles. The molecule has 3 heteroatoms. The van der Waals surface area contributed by atoms with Crippen molar-refractivity contribution in [1.82, 2.24) is 0 Å². The summed E-state index contributed by atoms with van der Waals surface area (Å²) in [4.78, 5) is 12.2. The zero-order chi connectivity index (χ0) is 16.6. The van der Waals surface area contributed by atoms with Crippen LogP contribution in [0.25, 0.3) is 16.7 Å². The molecular weight excluding hydrogens is 308 g/mol. The van der Waals surface area contributed by atoms with Gasteiger partial charge in [-0.1, -0.05) is 36.7 Å². The van der Waals surface area contributed by atoms with Gasteiger partial charge in [-0.25, -0.2) is 0 Å². The lowest BCUT2D eigenvalue weighted by atomic mass is 9.92. The smallest absolute Gasteiger partial charge is 0.167 e. The van der Waals surface area contributed by atoms with Gasteiger partial charge in [-0.05, 0) is 59.4 Å². The maximum atomic E-state index is 12.2. The van der Waals surface area contributed by atoms with Crippen LogP contribution in [-0.4, -0.2) is 10.9 Å². The van der Waals surface area contributed by atoms with Gasteiger partial charge < -0.3 is 5.11 Å². The molecule has 0 atom stereocenters. The number of halogens is 1. The molecule has 23 heavy (non-hydrogen) atoms. The Hall–Kier alpha value is -2.06. The van der Waals surface area contributed by atoms with E-state index in [0.29, 0.717) is 18.4 Å².